The summed E-state index contributed by atoms with van der Waals surface area (Å²) in [5.74, 6) is -5.89. The number of aliphatic carboxylic acids is 2. The smallest absolute Gasteiger partial charge is 0.247 e. The molecule has 1 aromatic rings. The van der Waals surface area contributed by atoms with Crippen molar-refractivity contribution in [2.75, 3.05) is 0 Å². The van der Waals surface area contributed by atoms with Crippen molar-refractivity contribution in [3.63, 3.8) is 0 Å². The molecule has 3 unspecified atom stereocenters. The van der Waals surface area contributed by atoms with E-state index in [4.69, 9.17) is 0 Å². The predicted octanol–water partition coefficient (Wildman–Crippen LogP) is -0.257. The SMILES string of the molecule is C=CC1=C(C)C(=O)NC1Cc1[nH]c(CC2=C(C)C3C(=O)C(=O)/C(=C4\N[C@H](C(=O)[O-])[C@@H](C)[C@@H]4CCC(=O)[O-])C3N2)c(CC)c1C. The molecule has 44 heavy (non-hydrogen) atoms. The van der Waals surface area contributed by atoms with Crippen LogP contribution in [0.3, 0.4) is 0 Å². The summed E-state index contributed by atoms with van der Waals surface area (Å²) in [5.41, 5.74) is 7.75. The molecule has 4 heterocycles. The van der Waals surface area contributed by atoms with Crippen molar-refractivity contribution in [2.24, 2.45) is 17.8 Å². The van der Waals surface area contributed by atoms with E-state index in [0.717, 1.165) is 45.8 Å². The molecule has 5 rings (SSSR count). The van der Waals surface area contributed by atoms with Gasteiger partial charge in [-0.05, 0) is 68.2 Å². The highest BCUT2D eigenvalue weighted by molar-refractivity contribution is 6.48. The van der Waals surface area contributed by atoms with E-state index in [0.29, 0.717) is 24.1 Å². The number of allylic oxidation sites excluding steroid dienone is 2. The molecule has 11 heteroatoms. The van der Waals surface area contributed by atoms with E-state index in [2.05, 4.69) is 34.4 Å². The number of hydrogen-bond donors (Lipinski definition) is 4. The van der Waals surface area contributed by atoms with E-state index in [1.54, 1.807) is 19.9 Å². The minimum absolute atomic E-state index is 0.0609. The number of H-pyrrole nitrogens is 1. The van der Waals surface area contributed by atoms with Crippen molar-refractivity contribution in [1.29, 1.82) is 0 Å². The largest absolute Gasteiger partial charge is 0.550 e. The number of fused-ring (bicyclic) bond motifs is 1. The fourth-order valence-corrected chi connectivity index (χ4v) is 7.61. The number of Topliss-reactive ketones (excluding diaryl/α,β-unsaturated/α-hetero) is 2. The maximum atomic E-state index is 13.3. The Hall–Kier alpha value is -4.41. The van der Waals surface area contributed by atoms with Gasteiger partial charge in [0.2, 0.25) is 17.5 Å². The predicted molar refractivity (Wildman–Crippen MR) is 156 cm³/mol. The van der Waals surface area contributed by atoms with Gasteiger partial charge in [-0.15, -0.1) is 0 Å². The van der Waals surface area contributed by atoms with Gasteiger partial charge in [-0.3, -0.25) is 14.4 Å². The topological polar surface area (TPSA) is 183 Å². The Kier molecular flexibility index (Phi) is 8.17. The first-order valence-electron chi connectivity index (χ1n) is 15.1. The standard InChI is InChI=1S/C33H40N4O7/c1-7-17-13(3)20(11-23-18(8-2)15(5)32(42)36-23)34-22(17)12-21-16(6)25-29(35-21)26(31(41)30(25)40)28-19(9-10-24(38)39)14(4)27(37-28)33(43)44/h8,14,19,23,25,27,29,34-35,37H,2,7,9-12H2,1,3-6H3,(H,36,42)(H,38,39)(H,43,44)/p-2/b28-26-/t14-,19-,23?,25?,27-,29?/m0/s1. The number of aromatic nitrogens is 1. The van der Waals surface area contributed by atoms with E-state index < -0.39 is 53.3 Å². The monoisotopic (exact) mass is 602 g/mol. The summed E-state index contributed by atoms with van der Waals surface area (Å²) in [6, 6.07) is -2.00. The molecule has 1 aromatic heterocycles. The summed E-state index contributed by atoms with van der Waals surface area (Å²) >= 11 is 0. The van der Waals surface area contributed by atoms with Crippen molar-refractivity contribution < 1.29 is 34.2 Å². The van der Waals surface area contributed by atoms with Gasteiger partial charge in [-0.2, -0.15) is 0 Å². The lowest BCUT2D eigenvalue weighted by molar-refractivity contribution is -0.309. The Labute approximate surface area is 255 Å². The fourth-order valence-electron chi connectivity index (χ4n) is 7.61. The van der Waals surface area contributed by atoms with E-state index >= 15 is 0 Å². The van der Waals surface area contributed by atoms with Crippen LogP contribution >= 0.6 is 0 Å². The van der Waals surface area contributed by atoms with Crippen LogP contribution < -0.4 is 26.2 Å². The summed E-state index contributed by atoms with van der Waals surface area (Å²) in [6.45, 7) is 13.3. The zero-order chi connectivity index (χ0) is 32.2. The van der Waals surface area contributed by atoms with Crippen molar-refractivity contribution in [3.05, 3.63) is 68.9 Å². The number of rotatable bonds is 10. The van der Waals surface area contributed by atoms with E-state index in [-0.39, 0.29) is 30.4 Å². The Morgan fingerprint density at radius 3 is 2.34 bits per heavy atom. The van der Waals surface area contributed by atoms with Crippen molar-refractivity contribution in [2.45, 2.75) is 84.8 Å². The normalized spacial score (nSPS) is 29.7. The van der Waals surface area contributed by atoms with Gasteiger partial charge in [0.25, 0.3) is 0 Å². The van der Waals surface area contributed by atoms with E-state index in [1.165, 1.54) is 0 Å². The van der Waals surface area contributed by atoms with Crippen molar-refractivity contribution in [1.82, 2.24) is 20.9 Å². The lowest BCUT2D eigenvalue weighted by Crippen LogP contribution is -2.44. The number of carbonyl (C=O) groups is 5. The quantitative estimate of drug-likeness (QED) is 0.207. The lowest BCUT2D eigenvalue weighted by atomic mass is 9.84. The molecular formula is C33H38N4O7-2. The molecule has 1 saturated carbocycles. The number of aromatic amines is 1. The van der Waals surface area contributed by atoms with Crippen molar-refractivity contribution in [3.8, 4) is 0 Å². The first kappa shape index (κ1) is 31.0. The molecule has 234 valence electrons. The average Bonchev–Trinajstić information content (AvgIpc) is 3.69. The summed E-state index contributed by atoms with van der Waals surface area (Å²) in [6.07, 6.45) is 3.24. The van der Waals surface area contributed by atoms with Gasteiger partial charge in [0.15, 0.2) is 0 Å². The number of carbonyl (C=O) groups excluding carboxylic acids is 5. The first-order chi connectivity index (χ1) is 20.8. The van der Waals surface area contributed by atoms with Crippen molar-refractivity contribution >= 4 is 29.4 Å². The highest BCUT2D eigenvalue weighted by Crippen LogP contribution is 2.44. The molecule has 0 spiro atoms. The Bertz CT molecular complexity index is 1590. The van der Waals surface area contributed by atoms with Gasteiger partial charge in [-0.1, -0.05) is 26.5 Å². The third-order valence-electron chi connectivity index (χ3n) is 10.1. The number of carboxylic acid groups (broad SMARTS) is 2. The molecule has 3 aliphatic heterocycles. The second kappa shape index (κ2) is 11.6. The Morgan fingerprint density at radius 1 is 1.02 bits per heavy atom. The molecule has 6 atom stereocenters. The van der Waals surface area contributed by atoms with Crippen LogP contribution in [0.1, 0.15) is 63.1 Å². The van der Waals surface area contributed by atoms with Crippen LogP contribution in [0.15, 0.2) is 46.3 Å². The summed E-state index contributed by atoms with van der Waals surface area (Å²) < 4.78 is 0. The number of amides is 1. The van der Waals surface area contributed by atoms with Crippen LogP contribution in [0.2, 0.25) is 0 Å². The number of hydrogen-bond acceptors (Lipinski definition) is 9. The van der Waals surface area contributed by atoms with Crippen LogP contribution in [-0.4, -0.2) is 52.5 Å². The van der Waals surface area contributed by atoms with Crippen LogP contribution in [0.5, 0.6) is 0 Å². The van der Waals surface area contributed by atoms with Gasteiger partial charge in [-0.25, -0.2) is 0 Å². The van der Waals surface area contributed by atoms with Crippen LogP contribution in [0.25, 0.3) is 0 Å². The molecule has 2 fully saturated rings. The minimum Gasteiger partial charge on any atom is -0.550 e. The molecule has 1 saturated heterocycles. The molecular weight excluding hydrogens is 564 g/mol. The number of ketones is 2. The highest BCUT2D eigenvalue weighted by Gasteiger charge is 2.54. The summed E-state index contributed by atoms with van der Waals surface area (Å²) in [4.78, 5) is 65.7. The zero-order valence-corrected chi connectivity index (χ0v) is 25.6. The first-order valence-corrected chi connectivity index (χ1v) is 15.1. The molecule has 1 aliphatic carbocycles. The molecule has 0 radical (unpaired) electrons. The zero-order valence-electron chi connectivity index (χ0n) is 25.6. The van der Waals surface area contributed by atoms with Gasteiger partial charge in [0.1, 0.15) is 0 Å². The minimum atomic E-state index is -1.36. The third kappa shape index (κ3) is 4.97. The molecule has 4 N–H and O–H groups in total. The Balaban J connectivity index is 1.45. The summed E-state index contributed by atoms with van der Waals surface area (Å²) in [7, 11) is 0. The van der Waals surface area contributed by atoms with E-state index in [9.17, 15) is 34.2 Å². The second-order valence-corrected chi connectivity index (χ2v) is 12.3. The van der Waals surface area contributed by atoms with Gasteiger partial charge >= 0.3 is 0 Å². The van der Waals surface area contributed by atoms with Gasteiger partial charge < -0.3 is 40.7 Å². The van der Waals surface area contributed by atoms with Crippen LogP contribution in [-0.2, 0) is 43.2 Å². The molecule has 11 nitrogen and oxygen atoms in total. The van der Waals surface area contributed by atoms with Gasteiger partial charge in [0, 0.05) is 58.7 Å². The third-order valence-corrected chi connectivity index (χ3v) is 10.1. The maximum absolute atomic E-state index is 13.3. The Morgan fingerprint density at radius 2 is 1.73 bits per heavy atom. The fraction of sp³-hybridized carbons (Fsp3) is 0.485. The lowest BCUT2D eigenvalue weighted by Gasteiger charge is -2.21. The van der Waals surface area contributed by atoms with Gasteiger partial charge in [0.05, 0.1) is 30.0 Å². The number of carboxylic acids is 2. The molecule has 1 amide bonds. The van der Waals surface area contributed by atoms with E-state index in [1.807, 2.05) is 13.8 Å². The van der Waals surface area contributed by atoms with Crippen LogP contribution in [0, 0.1) is 24.7 Å². The number of nitrogens with one attached hydrogen (secondary N) is 4. The average molecular weight is 603 g/mol. The molecule has 4 aliphatic rings. The summed E-state index contributed by atoms with van der Waals surface area (Å²) in [5, 5.41) is 32.5. The second-order valence-electron chi connectivity index (χ2n) is 12.3. The molecule has 0 aromatic carbocycles. The highest BCUT2D eigenvalue weighted by atomic mass is 16.4. The van der Waals surface area contributed by atoms with Crippen LogP contribution in [0.4, 0.5) is 0 Å². The molecule has 0 bridgehead atoms. The maximum Gasteiger partial charge on any atom is 0.247 e.